The zero-order valence-electron chi connectivity index (χ0n) is 13.2. The third-order valence-corrected chi connectivity index (χ3v) is 3.24. The zero-order valence-corrected chi connectivity index (χ0v) is 14.0. The topological polar surface area (TPSA) is 116 Å². The molecule has 142 valence electrons. The van der Waals surface area contributed by atoms with Gasteiger partial charge in [0.2, 0.25) is 5.91 Å². The summed E-state index contributed by atoms with van der Waals surface area (Å²) >= 11 is 0. The van der Waals surface area contributed by atoms with Gasteiger partial charge in [0.1, 0.15) is 12.4 Å². The van der Waals surface area contributed by atoms with E-state index >= 15 is 0 Å². The number of rotatable bonds is 6. The first kappa shape index (κ1) is 21.4. The molecule has 0 saturated carbocycles. The van der Waals surface area contributed by atoms with Crippen molar-refractivity contribution in [1.82, 2.24) is 9.78 Å². The van der Waals surface area contributed by atoms with Crippen molar-refractivity contribution >= 4 is 29.7 Å². The van der Waals surface area contributed by atoms with Crippen LogP contribution in [0.25, 0.3) is 0 Å². The molecule has 0 spiro atoms. The highest BCUT2D eigenvalue weighted by Crippen LogP contribution is 2.32. The molecule has 2 rings (SSSR count). The van der Waals surface area contributed by atoms with E-state index in [1.165, 1.54) is 10.7 Å². The van der Waals surface area contributed by atoms with Crippen LogP contribution in [0.4, 0.5) is 24.5 Å². The van der Waals surface area contributed by atoms with E-state index in [1.54, 1.807) is 0 Å². The summed E-state index contributed by atoms with van der Waals surface area (Å²) in [6, 6.07) is 3.08. The van der Waals surface area contributed by atoms with Gasteiger partial charge in [-0.2, -0.15) is 18.3 Å². The van der Waals surface area contributed by atoms with Gasteiger partial charge in [-0.25, -0.2) is 0 Å². The van der Waals surface area contributed by atoms with Gasteiger partial charge >= 0.3 is 11.9 Å². The molecule has 3 N–H and O–H groups in total. The van der Waals surface area contributed by atoms with Crippen LogP contribution in [-0.4, -0.2) is 20.6 Å². The van der Waals surface area contributed by atoms with Crippen molar-refractivity contribution < 1.29 is 22.9 Å². The minimum Gasteiger partial charge on any atom is -0.326 e. The third-order valence-electron chi connectivity index (χ3n) is 3.24. The van der Waals surface area contributed by atoms with Crippen LogP contribution >= 0.6 is 12.4 Å². The fourth-order valence-electron chi connectivity index (χ4n) is 2.05. The number of anilines is 1. The van der Waals surface area contributed by atoms with Crippen molar-refractivity contribution in [3.63, 3.8) is 0 Å². The van der Waals surface area contributed by atoms with Gasteiger partial charge in [-0.3, -0.25) is 19.6 Å². The van der Waals surface area contributed by atoms with Crippen LogP contribution in [0, 0.1) is 10.1 Å². The minimum atomic E-state index is -4.56. The number of nitrogens with zero attached hydrogens (tertiary/aromatic N) is 3. The van der Waals surface area contributed by atoms with E-state index in [2.05, 4.69) is 10.4 Å². The monoisotopic (exact) mass is 393 g/mol. The fraction of sp³-hybridized carbons (Fsp3) is 0.286. The Labute approximate surface area is 151 Å². The molecule has 0 aliphatic rings. The molecule has 0 aliphatic heterocycles. The molecule has 0 bridgehead atoms. The molecule has 12 heteroatoms. The van der Waals surface area contributed by atoms with Crippen LogP contribution in [-0.2, 0) is 24.1 Å². The lowest BCUT2D eigenvalue weighted by molar-refractivity contribution is -0.385. The highest BCUT2D eigenvalue weighted by atomic mass is 35.5. The summed E-state index contributed by atoms with van der Waals surface area (Å²) in [6.07, 6.45) is -2.48. The van der Waals surface area contributed by atoms with E-state index in [4.69, 9.17) is 5.73 Å². The van der Waals surface area contributed by atoms with Gasteiger partial charge in [0.25, 0.3) is 0 Å². The Morgan fingerprint density at radius 1 is 1.35 bits per heavy atom. The van der Waals surface area contributed by atoms with Crippen molar-refractivity contribution in [3.8, 4) is 0 Å². The number of carbonyl (C=O) groups is 1. The van der Waals surface area contributed by atoms with Gasteiger partial charge in [0.15, 0.2) is 0 Å². The first-order valence-corrected chi connectivity index (χ1v) is 7.07. The molecule has 26 heavy (non-hydrogen) atoms. The maximum absolute atomic E-state index is 12.8. The number of nitrogens with two attached hydrogens (primary N) is 1. The Kier molecular flexibility index (Phi) is 7.10. The standard InChI is InChI=1S/C14H14F3N5O3.ClH/c15-14(16,17)10-3-9(6-18)4-11(5-10)20-13(23)1-2-21-8-12(7-19-21)22(24)25;/h3-5,7-8H,1-2,6,18H2,(H,20,23);1H. The second kappa shape index (κ2) is 8.63. The second-order valence-electron chi connectivity index (χ2n) is 5.14. The van der Waals surface area contributed by atoms with Gasteiger partial charge in [-0.05, 0) is 23.8 Å². The molecule has 1 aromatic heterocycles. The van der Waals surface area contributed by atoms with Crippen LogP contribution in [0.2, 0.25) is 0 Å². The molecule has 0 saturated heterocycles. The van der Waals surface area contributed by atoms with Crippen LogP contribution in [0.1, 0.15) is 17.5 Å². The van der Waals surface area contributed by atoms with Gasteiger partial charge in [-0.15, -0.1) is 12.4 Å². The Morgan fingerprint density at radius 2 is 2.04 bits per heavy atom. The van der Waals surface area contributed by atoms with Gasteiger partial charge in [0, 0.05) is 25.2 Å². The summed E-state index contributed by atoms with van der Waals surface area (Å²) in [5.41, 5.74) is 4.46. The summed E-state index contributed by atoms with van der Waals surface area (Å²) < 4.78 is 39.7. The first-order valence-electron chi connectivity index (χ1n) is 7.07. The molecular weight excluding hydrogens is 379 g/mol. The predicted octanol–water partition coefficient (Wildman–Crippen LogP) is 2.72. The molecule has 0 unspecified atom stereocenters. The number of aromatic nitrogens is 2. The summed E-state index contributed by atoms with van der Waals surface area (Å²) in [4.78, 5) is 21.8. The number of benzene rings is 1. The SMILES string of the molecule is Cl.NCc1cc(NC(=O)CCn2cc([N+](=O)[O-])cn2)cc(C(F)(F)F)c1. The highest BCUT2D eigenvalue weighted by molar-refractivity contribution is 5.90. The Hall–Kier alpha value is -2.66. The lowest BCUT2D eigenvalue weighted by atomic mass is 10.1. The number of halogens is 4. The number of hydrogen-bond acceptors (Lipinski definition) is 5. The predicted molar refractivity (Wildman–Crippen MR) is 88.7 cm³/mol. The second-order valence-corrected chi connectivity index (χ2v) is 5.14. The number of hydrogen-bond donors (Lipinski definition) is 2. The molecule has 8 nitrogen and oxygen atoms in total. The van der Waals surface area contributed by atoms with E-state index in [9.17, 15) is 28.1 Å². The molecule has 0 atom stereocenters. The molecule has 1 heterocycles. The van der Waals surface area contributed by atoms with Gasteiger partial charge in [-0.1, -0.05) is 0 Å². The number of aryl methyl sites for hydroxylation is 1. The van der Waals surface area contributed by atoms with Crippen LogP contribution < -0.4 is 11.1 Å². The minimum absolute atomic E-state index is 0. The van der Waals surface area contributed by atoms with Crippen LogP contribution in [0.3, 0.4) is 0 Å². The van der Waals surface area contributed by atoms with Crippen molar-refractivity contribution in [3.05, 3.63) is 51.8 Å². The van der Waals surface area contributed by atoms with Crippen molar-refractivity contribution in [2.75, 3.05) is 5.32 Å². The largest absolute Gasteiger partial charge is 0.416 e. The molecule has 0 radical (unpaired) electrons. The number of alkyl halides is 3. The summed E-state index contributed by atoms with van der Waals surface area (Å²) in [6.45, 7) is -0.0634. The van der Waals surface area contributed by atoms with E-state index in [0.29, 0.717) is 0 Å². The number of carbonyl (C=O) groups excluding carboxylic acids is 1. The van der Waals surface area contributed by atoms with E-state index in [0.717, 1.165) is 24.5 Å². The number of nitro groups is 1. The fourth-order valence-corrected chi connectivity index (χ4v) is 2.05. The number of amides is 1. The maximum atomic E-state index is 12.8. The van der Waals surface area contributed by atoms with E-state index in [-0.39, 0.29) is 48.9 Å². The third kappa shape index (κ3) is 5.70. The molecule has 0 aliphatic carbocycles. The Bertz CT molecular complexity index is 794. The average Bonchev–Trinajstić information content (AvgIpc) is 3.01. The lowest BCUT2D eigenvalue weighted by Crippen LogP contribution is -2.16. The molecule has 0 fully saturated rings. The molecular formula is C14H15ClF3N5O3. The van der Waals surface area contributed by atoms with E-state index < -0.39 is 22.6 Å². The van der Waals surface area contributed by atoms with Crippen molar-refractivity contribution in [2.24, 2.45) is 5.73 Å². The normalized spacial score (nSPS) is 10.9. The summed E-state index contributed by atoms with van der Waals surface area (Å²) in [5, 5.41) is 16.6. The van der Waals surface area contributed by atoms with Crippen LogP contribution in [0.15, 0.2) is 30.6 Å². The molecule has 1 amide bonds. The number of nitrogens with one attached hydrogen (secondary N) is 1. The molecule has 2 aromatic rings. The van der Waals surface area contributed by atoms with Crippen molar-refractivity contribution in [1.29, 1.82) is 0 Å². The molecule has 1 aromatic carbocycles. The zero-order chi connectivity index (χ0) is 18.6. The Balaban J connectivity index is 0.00000338. The maximum Gasteiger partial charge on any atom is 0.416 e. The lowest BCUT2D eigenvalue weighted by Gasteiger charge is -2.12. The first-order chi connectivity index (χ1) is 11.7. The van der Waals surface area contributed by atoms with Crippen LogP contribution in [0.5, 0.6) is 0 Å². The Morgan fingerprint density at radius 3 is 2.58 bits per heavy atom. The van der Waals surface area contributed by atoms with Crippen molar-refractivity contribution in [2.45, 2.75) is 25.7 Å². The van der Waals surface area contributed by atoms with Gasteiger partial charge in [0.05, 0.1) is 10.5 Å². The highest BCUT2D eigenvalue weighted by Gasteiger charge is 2.31. The van der Waals surface area contributed by atoms with E-state index in [1.807, 2.05) is 0 Å². The quantitative estimate of drug-likeness (QED) is 0.578. The van der Waals surface area contributed by atoms with Gasteiger partial charge < -0.3 is 11.1 Å². The smallest absolute Gasteiger partial charge is 0.326 e. The summed E-state index contributed by atoms with van der Waals surface area (Å²) in [5.74, 6) is -0.555. The summed E-state index contributed by atoms with van der Waals surface area (Å²) in [7, 11) is 0. The average molecular weight is 394 g/mol.